The van der Waals surface area contributed by atoms with Gasteiger partial charge in [-0.2, -0.15) is 0 Å². The predicted octanol–water partition coefficient (Wildman–Crippen LogP) is 4.17. The molecule has 4 nitrogen and oxygen atoms in total. The summed E-state index contributed by atoms with van der Waals surface area (Å²) in [5.74, 6) is 1.68. The van der Waals surface area contributed by atoms with Crippen LogP contribution in [0.15, 0.2) is 48.5 Å². The normalized spacial score (nSPS) is 17.0. The number of rotatable bonds is 5. The Morgan fingerprint density at radius 2 is 1.72 bits per heavy atom. The van der Waals surface area contributed by atoms with Gasteiger partial charge < -0.3 is 9.64 Å². The molecule has 2 aromatic rings. The second-order valence-electron chi connectivity index (χ2n) is 6.27. The topological polar surface area (TPSA) is 46.6 Å². The molecule has 0 saturated carbocycles. The number of carbonyl (C=O) groups excluding carboxylic acids is 2. The minimum absolute atomic E-state index is 0.0669. The first-order chi connectivity index (χ1) is 12.0. The van der Waals surface area contributed by atoms with Crippen LogP contribution in [0.25, 0.3) is 0 Å². The minimum Gasteiger partial charge on any atom is -0.457 e. The van der Waals surface area contributed by atoms with Gasteiger partial charge in [0.25, 0.3) is 0 Å². The van der Waals surface area contributed by atoms with E-state index in [1.165, 1.54) is 17.3 Å². The molecule has 3 rings (SSSR count). The number of hydrogen-bond acceptors (Lipinski definition) is 4. The molecular formula is C20H21NO3S. The second-order valence-corrected chi connectivity index (χ2v) is 7.75. The van der Waals surface area contributed by atoms with Crippen molar-refractivity contribution in [3.63, 3.8) is 0 Å². The quantitative estimate of drug-likeness (QED) is 0.808. The van der Waals surface area contributed by atoms with Crippen molar-refractivity contribution in [1.82, 2.24) is 4.90 Å². The van der Waals surface area contributed by atoms with Gasteiger partial charge in [0.15, 0.2) is 5.12 Å². The number of hydrogen-bond donors (Lipinski definition) is 0. The van der Waals surface area contributed by atoms with Crippen molar-refractivity contribution < 1.29 is 14.3 Å². The number of aryl methyl sites for hydroxylation is 1. The third-order valence-electron chi connectivity index (χ3n) is 4.07. The number of nitrogens with zero attached hydrogens (tertiary/aromatic N) is 1. The van der Waals surface area contributed by atoms with Crippen molar-refractivity contribution in [1.29, 1.82) is 0 Å². The van der Waals surface area contributed by atoms with Gasteiger partial charge in [0, 0.05) is 31.7 Å². The fraction of sp³-hybridized carbons (Fsp3) is 0.300. The van der Waals surface area contributed by atoms with E-state index in [0.717, 1.165) is 17.1 Å². The van der Waals surface area contributed by atoms with Crippen molar-refractivity contribution in [3.05, 3.63) is 59.7 Å². The molecule has 0 N–H and O–H groups in total. The zero-order chi connectivity index (χ0) is 17.8. The molecule has 1 heterocycles. The van der Waals surface area contributed by atoms with Crippen LogP contribution < -0.4 is 4.74 Å². The van der Waals surface area contributed by atoms with Gasteiger partial charge >= 0.3 is 0 Å². The fourth-order valence-corrected chi connectivity index (χ4v) is 3.78. The van der Waals surface area contributed by atoms with Crippen molar-refractivity contribution >= 4 is 22.8 Å². The number of thioether (sulfide) groups is 1. The van der Waals surface area contributed by atoms with Crippen LogP contribution in [0.3, 0.4) is 0 Å². The molecule has 1 aliphatic rings. The summed E-state index contributed by atoms with van der Waals surface area (Å²) >= 11 is 1.26. The fourth-order valence-electron chi connectivity index (χ4n) is 2.83. The summed E-state index contributed by atoms with van der Waals surface area (Å²) in [5, 5.41) is 0.145. The molecule has 0 aliphatic carbocycles. The Morgan fingerprint density at radius 3 is 2.32 bits per heavy atom. The molecule has 0 unspecified atom stereocenters. The SMILES string of the molecule is CC(=O)S[C@@H]1CC(=O)N(Cc2ccc(Oc3ccc(C)cc3)cc2)C1. The van der Waals surface area contributed by atoms with Gasteiger partial charge in [-0.1, -0.05) is 41.6 Å². The van der Waals surface area contributed by atoms with Crippen molar-refractivity contribution in [2.45, 2.75) is 32.1 Å². The lowest BCUT2D eigenvalue weighted by atomic mass is 10.2. The first-order valence-electron chi connectivity index (χ1n) is 8.28. The average Bonchev–Trinajstić information content (AvgIpc) is 2.90. The molecular weight excluding hydrogens is 334 g/mol. The summed E-state index contributed by atoms with van der Waals surface area (Å²) in [6.45, 7) is 4.78. The zero-order valence-electron chi connectivity index (χ0n) is 14.4. The van der Waals surface area contributed by atoms with E-state index < -0.39 is 0 Å². The van der Waals surface area contributed by atoms with Crippen LogP contribution >= 0.6 is 11.8 Å². The Kier molecular flexibility index (Phi) is 5.43. The van der Waals surface area contributed by atoms with Crippen LogP contribution in [0.2, 0.25) is 0 Å². The van der Waals surface area contributed by atoms with E-state index >= 15 is 0 Å². The van der Waals surface area contributed by atoms with Gasteiger partial charge in [-0.3, -0.25) is 9.59 Å². The van der Waals surface area contributed by atoms with Crippen molar-refractivity contribution in [2.24, 2.45) is 0 Å². The Bertz CT molecular complexity index is 756. The molecule has 0 aromatic heterocycles. The summed E-state index contributed by atoms with van der Waals surface area (Å²) in [5.41, 5.74) is 2.25. The molecule has 1 atom stereocenters. The van der Waals surface area contributed by atoms with Gasteiger partial charge in [-0.05, 0) is 36.8 Å². The Labute approximate surface area is 152 Å². The van der Waals surface area contributed by atoms with E-state index in [1.54, 1.807) is 6.92 Å². The number of benzene rings is 2. The van der Waals surface area contributed by atoms with E-state index in [-0.39, 0.29) is 16.3 Å². The third kappa shape index (κ3) is 4.86. The summed E-state index contributed by atoms with van der Waals surface area (Å²) in [6, 6.07) is 15.7. The summed E-state index contributed by atoms with van der Waals surface area (Å²) in [7, 11) is 0. The highest BCUT2D eigenvalue weighted by molar-refractivity contribution is 8.14. The first kappa shape index (κ1) is 17.5. The highest BCUT2D eigenvalue weighted by Crippen LogP contribution is 2.26. The maximum absolute atomic E-state index is 12.1. The second kappa shape index (κ2) is 7.74. The van der Waals surface area contributed by atoms with Gasteiger partial charge in [0.1, 0.15) is 11.5 Å². The van der Waals surface area contributed by atoms with Crippen LogP contribution in [0.5, 0.6) is 11.5 Å². The standard InChI is InChI=1S/C20H21NO3S/c1-14-3-7-17(8-4-14)24-18-9-5-16(6-10-18)12-21-13-19(11-20(21)23)25-15(2)22/h3-10,19H,11-13H2,1-2H3/t19-/m1/s1. The molecule has 0 radical (unpaired) electrons. The molecule has 5 heteroatoms. The molecule has 1 saturated heterocycles. The summed E-state index contributed by atoms with van der Waals surface area (Å²) < 4.78 is 5.82. The summed E-state index contributed by atoms with van der Waals surface area (Å²) in [4.78, 5) is 25.1. The van der Waals surface area contributed by atoms with E-state index in [9.17, 15) is 9.59 Å². The van der Waals surface area contributed by atoms with Crippen molar-refractivity contribution in [2.75, 3.05) is 6.54 Å². The van der Waals surface area contributed by atoms with E-state index in [4.69, 9.17) is 4.74 Å². The molecule has 2 aromatic carbocycles. The van der Waals surface area contributed by atoms with E-state index in [0.29, 0.717) is 19.5 Å². The lowest BCUT2D eigenvalue weighted by molar-refractivity contribution is -0.128. The first-order valence-corrected chi connectivity index (χ1v) is 9.16. The lowest BCUT2D eigenvalue weighted by Gasteiger charge is -2.16. The van der Waals surface area contributed by atoms with Gasteiger partial charge in [-0.25, -0.2) is 0 Å². The highest BCUT2D eigenvalue weighted by atomic mass is 32.2. The highest BCUT2D eigenvalue weighted by Gasteiger charge is 2.30. The third-order valence-corrected chi connectivity index (χ3v) is 5.05. The number of ether oxygens (including phenoxy) is 1. The van der Waals surface area contributed by atoms with Crippen LogP contribution in [-0.4, -0.2) is 27.7 Å². The molecule has 1 aliphatic heterocycles. The maximum atomic E-state index is 12.1. The maximum Gasteiger partial charge on any atom is 0.224 e. The molecule has 130 valence electrons. The minimum atomic E-state index is 0.0669. The Hall–Kier alpha value is -2.27. The Balaban J connectivity index is 1.58. The van der Waals surface area contributed by atoms with Crippen molar-refractivity contribution in [3.8, 4) is 11.5 Å². The number of likely N-dealkylation sites (tertiary alicyclic amines) is 1. The van der Waals surface area contributed by atoms with Crippen LogP contribution in [0, 0.1) is 6.92 Å². The zero-order valence-corrected chi connectivity index (χ0v) is 15.2. The molecule has 0 bridgehead atoms. The number of amides is 1. The van der Waals surface area contributed by atoms with Gasteiger partial charge in [0.05, 0.1) is 0 Å². The van der Waals surface area contributed by atoms with Crippen LogP contribution in [-0.2, 0) is 16.1 Å². The molecule has 1 fully saturated rings. The molecule has 25 heavy (non-hydrogen) atoms. The van der Waals surface area contributed by atoms with Crippen LogP contribution in [0.1, 0.15) is 24.5 Å². The smallest absolute Gasteiger partial charge is 0.224 e. The molecule has 0 spiro atoms. The van der Waals surface area contributed by atoms with E-state index in [2.05, 4.69) is 0 Å². The van der Waals surface area contributed by atoms with Gasteiger partial charge in [-0.15, -0.1) is 0 Å². The summed E-state index contributed by atoms with van der Waals surface area (Å²) in [6.07, 6.45) is 0.443. The lowest BCUT2D eigenvalue weighted by Crippen LogP contribution is -2.24. The largest absolute Gasteiger partial charge is 0.457 e. The molecule has 1 amide bonds. The monoisotopic (exact) mass is 355 g/mol. The predicted molar refractivity (Wildman–Crippen MR) is 99.8 cm³/mol. The average molecular weight is 355 g/mol. The Morgan fingerprint density at radius 1 is 1.12 bits per heavy atom. The van der Waals surface area contributed by atoms with E-state index in [1.807, 2.05) is 60.4 Å². The number of carbonyl (C=O) groups is 2. The van der Waals surface area contributed by atoms with Crippen LogP contribution in [0.4, 0.5) is 0 Å². The van der Waals surface area contributed by atoms with Gasteiger partial charge in [0.2, 0.25) is 5.91 Å².